The number of nitrogens with zero attached hydrogens (tertiary/aromatic N) is 1. The van der Waals surface area contributed by atoms with Gasteiger partial charge in [0.15, 0.2) is 0 Å². The molecule has 7 nitrogen and oxygen atoms in total. The molecule has 0 radical (unpaired) electrons. The molecule has 0 saturated heterocycles. The number of rotatable bonds is 7. The van der Waals surface area contributed by atoms with Gasteiger partial charge in [-0.1, -0.05) is 87.0 Å². The number of ether oxygens (including phenoxy) is 1. The van der Waals surface area contributed by atoms with Crippen molar-refractivity contribution >= 4 is 23.6 Å². The van der Waals surface area contributed by atoms with E-state index >= 15 is 0 Å². The fourth-order valence-electron chi connectivity index (χ4n) is 10.7. The molecule has 3 saturated carbocycles. The molecular weight excluding hydrogens is 600 g/mol. The third-order valence-corrected chi connectivity index (χ3v) is 13.3. The van der Waals surface area contributed by atoms with E-state index in [4.69, 9.17) is 9.57 Å². The minimum Gasteiger partial charge on any atom is -0.449 e. The third kappa shape index (κ3) is 5.51. The van der Waals surface area contributed by atoms with Crippen LogP contribution in [0.5, 0.6) is 0 Å². The van der Waals surface area contributed by atoms with E-state index in [1.54, 1.807) is 6.92 Å². The lowest BCUT2D eigenvalue weighted by Gasteiger charge is -2.58. The molecule has 0 spiro atoms. The number of hydrogen-bond acceptors (Lipinski definition) is 6. The molecule has 254 valence electrons. The van der Waals surface area contributed by atoms with Crippen LogP contribution in [-0.2, 0) is 19.2 Å². The summed E-state index contributed by atoms with van der Waals surface area (Å²) in [5.74, 6) is 1.67. The molecular formula is C41H50N2O5. The first-order valence-electron chi connectivity index (χ1n) is 18.1. The van der Waals surface area contributed by atoms with Crippen LogP contribution in [0.15, 0.2) is 65.3 Å². The van der Waals surface area contributed by atoms with Gasteiger partial charge < -0.3 is 14.9 Å². The Balaban J connectivity index is 0.976. The number of oxime groups is 1. The van der Waals surface area contributed by atoms with Crippen LogP contribution in [0.25, 0.3) is 11.1 Å². The van der Waals surface area contributed by atoms with Crippen molar-refractivity contribution in [2.45, 2.75) is 97.9 Å². The smallest absolute Gasteiger partial charge is 0.407 e. The van der Waals surface area contributed by atoms with Crippen LogP contribution in [0.2, 0.25) is 0 Å². The summed E-state index contributed by atoms with van der Waals surface area (Å²) in [5.41, 5.74) is 7.08. The van der Waals surface area contributed by atoms with Crippen LogP contribution in [-0.4, -0.2) is 36.2 Å². The zero-order chi connectivity index (χ0) is 33.8. The van der Waals surface area contributed by atoms with E-state index in [9.17, 15) is 14.4 Å². The molecule has 0 bridgehead atoms. The van der Waals surface area contributed by atoms with E-state index in [1.165, 1.54) is 18.4 Å². The lowest BCUT2D eigenvalue weighted by molar-refractivity contribution is -0.147. The van der Waals surface area contributed by atoms with Crippen LogP contribution in [0, 0.1) is 40.4 Å². The molecule has 0 heterocycles. The van der Waals surface area contributed by atoms with Gasteiger partial charge in [-0.3, -0.25) is 4.79 Å². The van der Waals surface area contributed by atoms with Crippen LogP contribution in [0.1, 0.15) is 103 Å². The Kier molecular flexibility index (Phi) is 8.62. The molecule has 3 unspecified atom stereocenters. The predicted octanol–water partition coefficient (Wildman–Crippen LogP) is 8.62. The molecule has 1 amide bonds. The monoisotopic (exact) mass is 650 g/mol. The second kappa shape index (κ2) is 12.6. The Hall–Kier alpha value is -3.74. The number of nitrogens with one attached hydrogen (secondary N) is 1. The van der Waals surface area contributed by atoms with E-state index in [2.05, 4.69) is 54.7 Å². The molecule has 7 heteroatoms. The number of hydrogen-bond donors (Lipinski definition) is 1. The molecule has 48 heavy (non-hydrogen) atoms. The molecule has 0 aromatic heterocycles. The summed E-state index contributed by atoms with van der Waals surface area (Å²) >= 11 is 0. The van der Waals surface area contributed by atoms with Gasteiger partial charge in [-0.25, -0.2) is 9.59 Å². The molecule has 5 aliphatic rings. The van der Waals surface area contributed by atoms with Crippen molar-refractivity contribution in [3.63, 3.8) is 0 Å². The highest BCUT2D eigenvalue weighted by molar-refractivity contribution is 5.97. The first kappa shape index (κ1) is 32.8. The molecule has 1 N–H and O–H groups in total. The van der Waals surface area contributed by atoms with Crippen molar-refractivity contribution in [3.05, 3.63) is 71.3 Å². The molecule has 0 aliphatic heterocycles. The third-order valence-electron chi connectivity index (χ3n) is 13.3. The number of carbonyl (C=O) groups excluding carboxylic acids is 3. The van der Waals surface area contributed by atoms with Gasteiger partial charge in [0, 0.05) is 11.8 Å². The van der Waals surface area contributed by atoms with Gasteiger partial charge >= 0.3 is 12.1 Å². The van der Waals surface area contributed by atoms with E-state index in [1.807, 2.05) is 38.1 Å². The zero-order valence-corrected chi connectivity index (χ0v) is 29.1. The highest BCUT2D eigenvalue weighted by atomic mass is 16.7. The van der Waals surface area contributed by atoms with E-state index < -0.39 is 18.1 Å². The SMILES string of the molecule is CC(=O)[C@H]1CCC2C3CCC4=C/C(=N\OC(=O)[C@@H](NC(=O)OCC5c6ccccc6-c6ccccc65)C(C)C)CC[C@]4(C)C3CC[C@@]21C. The Labute approximate surface area is 284 Å². The molecule has 2 aromatic carbocycles. The highest BCUT2D eigenvalue weighted by Crippen LogP contribution is 2.66. The van der Waals surface area contributed by atoms with Gasteiger partial charge in [-0.2, -0.15) is 0 Å². The first-order chi connectivity index (χ1) is 23.0. The summed E-state index contributed by atoms with van der Waals surface area (Å²) in [5, 5.41) is 7.08. The summed E-state index contributed by atoms with van der Waals surface area (Å²) in [4.78, 5) is 44.2. The summed E-state index contributed by atoms with van der Waals surface area (Å²) < 4.78 is 5.71. The summed E-state index contributed by atoms with van der Waals surface area (Å²) in [7, 11) is 0. The number of alkyl carbamates (subject to hydrolysis) is 1. The van der Waals surface area contributed by atoms with E-state index in [-0.39, 0.29) is 35.2 Å². The second-order valence-electron chi connectivity index (χ2n) is 16.0. The highest BCUT2D eigenvalue weighted by Gasteiger charge is 2.59. The van der Waals surface area contributed by atoms with Gasteiger partial charge in [0.05, 0.1) is 5.71 Å². The van der Waals surface area contributed by atoms with Crippen LogP contribution < -0.4 is 5.32 Å². The Morgan fingerprint density at radius 3 is 2.25 bits per heavy atom. The minimum absolute atomic E-state index is 0.0622. The maximum Gasteiger partial charge on any atom is 0.407 e. The number of ketones is 1. The maximum atomic E-state index is 13.3. The Morgan fingerprint density at radius 1 is 0.896 bits per heavy atom. The maximum absolute atomic E-state index is 13.3. The summed E-state index contributed by atoms with van der Waals surface area (Å²) in [6.07, 6.45) is 10.00. The van der Waals surface area contributed by atoms with Gasteiger partial charge in [-0.15, -0.1) is 0 Å². The minimum atomic E-state index is -0.885. The molecule has 5 aliphatic carbocycles. The van der Waals surface area contributed by atoms with Gasteiger partial charge in [0.25, 0.3) is 0 Å². The Morgan fingerprint density at radius 2 is 1.58 bits per heavy atom. The van der Waals surface area contributed by atoms with Crippen LogP contribution in [0.3, 0.4) is 0 Å². The largest absolute Gasteiger partial charge is 0.449 e. The van der Waals surface area contributed by atoms with Crippen molar-refractivity contribution in [1.82, 2.24) is 5.32 Å². The van der Waals surface area contributed by atoms with Gasteiger partial charge in [0.2, 0.25) is 0 Å². The Bertz CT molecular complexity index is 1630. The lowest BCUT2D eigenvalue weighted by atomic mass is 9.46. The molecule has 2 aromatic rings. The number of carbonyl (C=O) groups is 3. The van der Waals surface area contributed by atoms with Crippen molar-refractivity contribution in [1.29, 1.82) is 0 Å². The van der Waals surface area contributed by atoms with Crippen LogP contribution >= 0.6 is 0 Å². The number of amides is 1. The number of allylic oxidation sites excluding steroid dienone is 2. The van der Waals surface area contributed by atoms with Crippen molar-refractivity contribution in [2.24, 2.45) is 45.6 Å². The fraction of sp³-hybridized carbons (Fsp3) is 0.561. The number of Topliss-reactive ketones (excluding diaryl/α,β-unsaturated/α-hetero) is 1. The van der Waals surface area contributed by atoms with Crippen LogP contribution in [0.4, 0.5) is 4.79 Å². The molecule has 7 atom stereocenters. The van der Waals surface area contributed by atoms with Gasteiger partial charge in [-0.05, 0) is 121 Å². The van der Waals surface area contributed by atoms with Gasteiger partial charge in [0.1, 0.15) is 18.4 Å². The van der Waals surface area contributed by atoms with Crippen molar-refractivity contribution in [3.8, 4) is 11.1 Å². The zero-order valence-electron chi connectivity index (χ0n) is 29.1. The lowest BCUT2D eigenvalue weighted by Crippen LogP contribution is -2.51. The average Bonchev–Trinajstić information content (AvgIpc) is 3.60. The molecule has 7 rings (SSSR count). The summed E-state index contributed by atoms with van der Waals surface area (Å²) in [6, 6.07) is 15.5. The summed E-state index contributed by atoms with van der Waals surface area (Å²) in [6.45, 7) is 10.5. The van der Waals surface area contributed by atoms with E-state index in [0.29, 0.717) is 23.5 Å². The quantitative estimate of drug-likeness (QED) is 0.239. The standard InChI is InChI=1S/C41H50N2O5/c1-24(2)37(42-39(46)47-23-33-30-12-8-6-10-28(30)29-11-7-9-13-31(29)33)38(45)48-43-27-18-20-40(4)26(22-27)14-15-32-35-17-16-34(25(3)44)41(35,5)21-19-36(32)40/h6-13,22,24,32-37H,14-21,23H2,1-5H3,(H,42,46)/b43-27-/t32?,34-,35?,36?,37+,40+,41-/m1/s1. The predicted molar refractivity (Wildman–Crippen MR) is 186 cm³/mol. The van der Waals surface area contributed by atoms with Crippen molar-refractivity contribution in [2.75, 3.05) is 6.61 Å². The number of fused-ring (bicyclic) bond motifs is 8. The average molecular weight is 651 g/mol. The first-order valence-corrected chi connectivity index (χ1v) is 18.1. The molecule has 3 fully saturated rings. The van der Waals surface area contributed by atoms with Crippen molar-refractivity contribution < 1.29 is 24.0 Å². The van der Waals surface area contributed by atoms with E-state index in [0.717, 1.165) is 66.5 Å². The normalized spacial score (nSPS) is 31.9. The number of benzene rings is 2. The topological polar surface area (TPSA) is 94.1 Å². The second-order valence-corrected chi connectivity index (χ2v) is 16.0. The fourth-order valence-corrected chi connectivity index (χ4v) is 10.7.